The molecule has 3 rings (SSSR count). The Balaban J connectivity index is 1.82. The Hall–Kier alpha value is -2.18. The second-order valence-corrected chi connectivity index (χ2v) is 6.51. The lowest BCUT2D eigenvalue weighted by Crippen LogP contribution is -2.34. The first-order chi connectivity index (χ1) is 11.7. The molecule has 1 aliphatic heterocycles. The molecular formula is C17H26N6O. The molecular weight excluding hydrogens is 304 g/mol. The molecule has 2 aromatic heterocycles. The summed E-state index contributed by atoms with van der Waals surface area (Å²) in [5.74, 6) is 0.903. The highest BCUT2D eigenvalue weighted by atomic mass is 16.2. The number of fused-ring (bicyclic) bond motifs is 1. The van der Waals surface area contributed by atoms with Crippen LogP contribution in [0.15, 0.2) is 12.5 Å². The standard InChI is InChI=1S/C17H26N6O/c1-3-13(2)21-15(24)11-23-17-14(10-20-23)16(18-12-19-17)22-8-6-4-5-7-9-22/h10,12-13H,3-9,11H2,1-2H3,(H,21,24). The number of nitrogens with one attached hydrogen (secondary N) is 1. The van der Waals surface area contributed by atoms with Crippen molar-refractivity contribution >= 4 is 22.8 Å². The number of aromatic nitrogens is 4. The van der Waals surface area contributed by atoms with Gasteiger partial charge in [0.1, 0.15) is 18.7 Å². The molecule has 2 aromatic rings. The van der Waals surface area contributed by atoms with Gasteiger partial charge in [-0.3, -0.25) is 4.79 Å². The number of carbonyl (C=O) groups is 1. The highest BCUT2D eigenvalue weighted by Crippen LogP contribution is 2.25. The Morgan fingerprint density at radius 1 is 1.25 bits per heavy atom. The van der Waals surface area contributed by atoms with E-state index in [0.29, 0.717) is 0 Å². The van der Waals surface area contributed by atoms with Crippen LogP contribution in [0.5, 0.6) is 0 Å². The molecule has 0 spiro atoms. The van der Waals surface area contributed by atoms with Gasteiger partial charge in [-0.25, -0.2) is 14.6 Å². The molecule has 0 radical (unpaired) electrons. The van der Waals surface area contributed by atoms with E-state index in [-0.39, 0.29) is 18.5 Å². The minimum atomic E-state index is -0.0377. The van der Waals surface area contributed by atoms with Gasteiger partial charge in [0.2, 0.25) is 5.91 Å². The third kappa shape index (κ3) is 3.66. The minimum absolute atomic E-state index is 0.0377. The average molecular weight is 330 g/mol. The molecule has 7 heteroatoms. The fourth-order valence-corrected chi connectivity index (χ4v) is 3.09. The summed E-state index contributed by atoms with van der Waals surface area (Å²) in [4.78, 5) is 23.3. The normalized spacial score (nSPS) is 16.8. The number of hydrogen-bond donors (Lipinski definition) is 1. The third-order valence-corrected chi connectivity index (χ3v) is 4.63. The first kappa shape index (κ1) is 16.7. The predicted octanol–water partition coefficient (Wildman–Crippen LogP) is 2.12. The van der Waals surface area contributed by atoms with Crippen molar-refractivity contribution in [3.05, 3.63) is 12.5 Å². The van der Waals surface area contributed by atoms with Crippen LogP contribution < -0.4 is 10.2 Å². The van der Waals surface area contributed by atoms with Gasteiger partial charge in [-0.05, 0) is 26.2 Å². The first-order valence-electron chi connectivity index (χ1n) is 8.90. The maximum atomic E-state index is 12.1. The van der Waals surface area contributed by atoms with Gasteiger partial charge in [0.15, 0.2) is 5.65 Å². The number of amides is 1. The van der Waals surface area contributed by atoms with E-state index in [0.717, 1.165) is 36.4 Å². The fraction of sp³-hybridized carbons (Fsp3) is 0.647. The molecule has 24 heavy (non-hydrogen) atoms. The number of nitrogens with zero attached hydrogens (tertiary/aromatic N) is 5. The van der Waals surface area contributed by atoms with Crippen LogP contribution in [0.4, 0.5) is 5.82 Å². The first-order valence-corrected chi connectivity index (χ1v) is 8.90. The SMILES string of the molecule is CCC(C)NC(=O)Cn1ncc2c(N3CCCCCC3)ncnc21. The molecule has 1 aliphatic rings. The summed E-state index contributed by atoms with van der Waals surface area (Å²) in [5, 5.41) is 8.27. The van der Waals surface area contributed by atoms with E-state index in [1.807, 2.05) is 6.92 Å². The highest BCUT2D eigenvalue weighted by molar-refractivity contribution is 5.87. The van der Waals surface area contributed by atoms with E-state index >= 15 is 0 Å². The fourth-order valence-electron chi connectivity index (χ4n) is 3.09. The topological polar surface area (TPSA) is 75.9 Å². The molecule has 0 aromatic carbocycles. The van der Waals surface area contributed by atoms with E-state index < -0.39 is 0 Å². The molecule has 1 fully saturated rings. The van der Waals surface area contributed by atoms with Gasteiger partial charge < -0.3 is 10.2 Å². The molecule has 7 nitrogen and oxygen atoms in total. The smallest absolute Gasteiger partial charge is 0.242 e. The van der Waals surface area contributed by atoms with Gasteiger partial charge in [-0.2, -0.15) is 5.10 Å². The summed E-state index contributed by atoms with van der Waals surface area (Å²) in [6, 6.07) is 0.168. The zero-order valence-electron chi connectivity index (χ0n) is 14.5. The maximum Gasteiger partial charge on any atom is 0.242 e. The number of carbonyl (C=O) groups excluding carboxylic acids is 1. The Labute approximate surface area is 142 Å². The molecule has 0 bridgehead atoms. The van der Waals surface area contributed by atoms with Gasteiger partial charge in [0.05, 0.1) is 11.6 Å². The van der Waals surface area contributed by atoms with Crippen molar-refractivity contribution in [1.82, 2.24) is 25.1 Å². The summed E-state index contributed by atoms with van der Waals surface area (Å²) < 4.78 is 1.66. The van der Waals surface area contributed by atoms with Gasteiger partial charge in [0.25, 0.3) is 0 Å². The molecule has 1 unspecified atom stereocenters. The summed E-state index contributed by atoms with van der Waals surface area (Å²) in [6.45, 7) is 6.27. The van der Waals surface area contributed by atoms with Crippen LogP contribution in [0.1, 0.15) is 46.0 Å². The van der Waals surface area contributed by atoms with Crippen LogP contribution in [-0.4, -0.2) is 44.8 Å². The largest absolute Gasteiger partial charge is 0.356 e. The molecule has 1 atom stereocenters. The van der Waals surface area contributed by atoms with Crippen LogP contribution in [0.25, 0.3) is 11.0 Å². The molecule has 1 saturated heterocycles. The van der Waals surface area contributed by atoms with Crippen molar-refractivity contribution in [2.24, 2.45) is 0 Å². The molecule has 3 heterocycles. The zero-order valence-corrected chi connectivity index (χ0v) is 14.5. The molecule has 0 aliphatic carbocycles. The van der Waals surface area contributed by atoms with E-state index in [2.05, 4.69) is 32.2 Å². The van der Waals surface area contributed by atoms with Crippen molar-refractivity contribution < 1.29 is 4.79 Å². The van der Waals surface area contributed by atoms with Crippen LogP contribution in [0.2, 0.25) is 0 Å². The maximum absolute atomic E-state index is 12.1. The van der Waals surface area contributed by atoms with E-state index in [1.54, 1.807) is 17.2 Å². The Kier molecular flexibility index (Phi) is 5.27. The van der Waals surface area contributed by atoms with Gasteiger partial charge in [-0.1, -0.05) is 19.8 Å². The Morgan fingerprint density at radius 2 is 2.00 bits per heavy atom. The molecule has 1 N–H and O–H groups in total. The Morgan fingerprint density at radius 3 is 2.71 bits per heavy atom. The summed E-state index contributed by atoms with van der Waals surface area (Å²) in [6.07, 6.45) is 9.21. The second-order valence-electron chi connectivity index (χ2n) is 6.51. The monoisotopic (exact) mass is 330 g/mol. The number of rotatable bonds is 5. The van der Waals surface area contributed by atoms with E-state index in [1.165, 1.54) is 25.7 Å². The lowest BCUT2D eigenvalue weighted by atomic mass is 10.2. The van der Waals surface area contributed by atoms with Crippen molar-refractivity contribution in [3.8, 4) is 0 Å². The van der Waals surface area contributed by atoms with Crippen LogP contribution >= 0.6 is 0 Å². The van der Waals surface area contributed by atoms with Gasteiger partial charge in [-0.15, -0.1) is 0 Å². The van der Waals surface area contributed by atoms with Crippen LogP contribution in [0, 0.1) is 0 Å². The lowest BCUT2D eigenvalue weighted by Gasteiger charge is -2.21. The summed E-state index contributed by atoms with van der Waals surface area (Å²) in [5.41, 5.74) is 0.726. The van der Waals surface area contributed by atoms with Crippen molar-refractivity contribution in [3.63, 3.8) is 0 Å². The van der Waals surface area contributed by atoms with Crippen LogP contribution in [0.3, 0.4) is 0 Å². The summed E-state index contributed by atoms with van der Waals surface area (Å²) in [7, 11) is 0. The van der Waals surface area contributed by atoms with E-state index in [9.17, 15) is 4.79 Å². The minimum Gasteiger partial charge on any atom is -0.356 e. The molecule has 0 saturated carbocycles. The quantitative estimate of drug-likeness (QED) is 0.909. The second kappa shape index (κ2) is 7.59. The average Bonchev–Trinajstić information content (AvgIpc) is 2.81. The van der Waals surface area contributed by atoms with Gasteiger partial charge in [0, 0.05) is 19.1 Å². The van der Waals surface area contributed by atoms with Crippen molar-refractivity contribution in [2.45, 2.75) is 58.5 Å². The molecule has 130 valence electrons. The van der Waals surface area contributed by atoms with Crippen molar-refractivity contribution in [1.29, 1.82) is 0 Å². The predicted molar refractivity (Wildman–Crippen MR) is 93.9 cm³/mol. The van der Waals surface area contributed by atoms with E-state index in [4.69, 9.17) is 0 Å². The lowest BCUT2D eigenvalue weighted by molar-refractivity contribution is -0.122. The summed E-state index contributed by atoms with van der Waals surface area (Å²) >= 11 is 0. The van der Waals surface area contributed by atoms with Crippen molar-refractivity contribution in [2.75, 3.05) is 18.0 Å². The van der Waals surface area contributed by atoms with Gasteiger partial charge >= 0.3 is 0 Å². The third-order valence-electron chi connectivity index (χ3n) is 4.63. The number of hydrogen-bond acceptors (Lipinski definition) is 5. The number of anilines is 1. The Bertz CT molecular complexity index is 689. The van der Waals surface area contributed by atoms with Crippen LogP contribution in [-0.2, 0) is 11.3 Å². The molecule has 1 amide bonds. The highest BCUT2D eigenvalue weighted by Gasteiger charge is 2.18. The zero-order chi connectivity index (χ0) is 16.9.